The van der Waals surface area contributed by atoms with Crippen LogP contribution in [0.4, 0.5) is 0 Å². The molecule has 0 saturated carbocycles. The molecule has 0 spiro atoms. The molecule has 1 atom stereocenters. The highest BCUT2D eigenvalue weighted by molar-refractivity contribution is 5.77. The van der Waals surface area contributed by atoms with Gasteiger partial charge < -0.3 is 19.9 Å². The van der Waals surface area contributed by atoms with Gasteiger partial charge in [0.1, 0.15) is 0 Å². The van der Waals surface area contributed by atoms with Crippen molar-refractivity contribution < 1.29 is 19.4 Å². The SMILES string of the molecule is COc1ccccc1OCC(=O)NCC[C@H](O)C(C)(C)C. The number of amides is 1. The van der Waals surface area contributed by atoms with Gasteiger partial charge in [-0.15, -0.1) is 0 Å². The Balaban J connectivity index is 2.32. The molecule has 21 heavy (non-hydrogen) atoms. The zero-order chi connectivity index (χ0) is 15.9. The summed E-state index contributed by atoms with van der Waals surface area (Å²) >= 11 is 0. The van der Waals surface area contributed by atoms with Crippen LogP contribution in [-0.4, -0.2) is 37.4 Å². The third-order valence-corrected chi connectivity index (χ3v) is 3.17. The van der Waals surface area contributed by atoms with Crippen LogP contribution in [0.3, 0.4) is 0 Å². The Morgan fingerprint density at radius 3 is 2.48 bits per heavy atom. The van der Waals surface area contributed by atoms with E-state index in [9.17, 15) is 9.90 Å². The van der Waals surface area contributed by atoms with Crippen molar-refractivity contribution in [1.82, 2.24) is 5.32 Å². The first-order valence-electron chi connectivity index (χ1n) is 7.05. The maximum atomic E-state index is 11.7. The minimum Gasteiger partial charge on any atom is -0.493 e. The molecule has 1 aromatic rings. The fourth-order valence-electron chi connectivity index (χ4n) is 1.71. The van der Waals surface area contributed by atoms with Gasteiger partial charge in [-0.2, -0.15) is 0 Å². The molecule has 1 amide bonds. The van der Waals surface area contributed by atoms with Gasteiger partial charge in [-0.1, -0.05) is 32.9 Å². The van der Waals surface area contributed by atoms with Crippen molar-refractivity contribution in [2.24, 2.45) is 5.41 Å². The van der Waals surface area contributed by atoms with E-state index in [1.807, 2.05) is 32.9 Å². The van der Waals surface area contributed by atoms with Crippen LogP contribution in [0.1, 0.15) is 27.2 Å². The van der Waals surface area contributed by atoms with Gasteiger partial charge in [-0.3, -0.25) is 4.79 Å². The topological polar surface area (TPSA) is 67.8 Å². The smallest absolute Gasteiger partial charge is 0.257 e. The van der Waals surface area contributed by atoms with Crippen molar-refractivity contribution in [1.29, 1.82) is 0 Å². The van der Waals surface area contributed by atoms with Crippen LogP contribution in [0, 0.1) is 5.41 Å². The fraction of sp³-hybridized carbons (Fsp3) is 0.562. The van der Waals surface area contributed by atoms with Gasteiger partial charge in [0.25, 0.3) is 5.91 Å². The third-order valence-electron chi connectivity index (χ3n) is 3.17. The number of nitrogens with one attached hydrogen (secondary N) is 1. The minimum absolute atomic E-state index is 0.0774. The number of carbonyl (C=O) groups is 1. The van der Waals surface area contributed by atoms with Crippen molar-refractivity contribution in [2.75, 3.05) is 20.3 Å². The number of aliphatic hydroxyl groups excluding tert-OH is 1. The van der Waals surface area contributed by atoms with Crippen LogP contribution in [0.5, 0.6) is 11.5 Å². The fourth-order valence-corrected chi connectivity index (χ4v) is 1.71. The van der Waals surface area contributed by atoms with Gasteiger partial charge >= 0.3 is 0 Å². The molecule has 0 aliphatic rings. The monoisotopic (exact) mass is 295 g/mol. The van der Waals surface area contributed by atoms with Crippen LogP contribution in [0.15, 0.2) is 24.3 Å². The zero-order valence-corrected chi connectivity index (χ0v) is 13.2. The molecule has 5 nitrogen and oxygen atoms in total. The predicted molar refractivity (Wildman–Crippen MR) is 81.6 cm³/mol. The Morgan fingerprint density at radius 1 is 1.29 bits per heavy atom. The molecule has 2 N–H and O–H groups in total. The molecule has 0 aromatic heterocycles. The molecule has 1 rings (SSSR count). The molecule has 5 heteroatoms. The molecular formula is C16H25NO4. The standard InChI is InChI=1S/C16H25NO4/c1-16(2,3)14(18)9-10-17-15(19)11-21-13-8-6-5-7-12(13)20-4/h5-8,14,18H,9-11H2,1-4H3,(H,17,19)/t14-/m0/s1. The Labute approximate surface area is 126 Å². The Kier molecular flexibility index (Phi) is 6.49. The Hall–Kier alpha value is -1.75. The largest absolute Gasteiger partial charge is 0.493 e. The van der Waals surface area contributed by atoms with E-state index in [4.69, 9.17) is 9.47 Å². The number of ether oxygens (including phenoxy) is 2. The molecule has 0 heterocycles. The van der Waals surface area contributed by atoms with Crippen molar-refractivity contribution in [3.63, 3.8) is 0 Å². The lowest BCUT2D eigenvalue weighted by molar-refractivity contribution is -0.123. The second kappa shape index (κ2) is 7.88. The molecule has 118 valence electrons. The molecule has 0 saturated heterocycles. The van der Waals surface area contributed by atoms with Crippen LogP contribution in [0.2, 0.25) is 0 Å². The van der Waals surface area contributed by atoms with Crippen molar-refractivity contribution in [2.45, 2.75) is 33.3 Å². The minimum atomic E-state index is -0.451. The number of hydrogen-bond donors (Lipinski definition) is 2. The molecule has 1 aromatic carbocycles. The van der Waals surface area contributed by atoms with E-state index in [2.05, 4.69) is 5.32 Å². The van der Waals surface area contributed by atoms with Crippen LogP contribution < -0.4 is 14.8 Å². The highest BCUT2D eigenvalue weighted by atomic mass is 16.5. The van der Waals surface area contributed by atoms with E-state index in [1.54, 1.807) is 19.2 Å². The summed E-state index contributed by atoms with van der Waals surface area (Å²) in [7, 11) is 1.55. The van der Waals surface area contributed by atoms with E-state index < -0.39 is 6.10 Å². The number of rotatable bonds is 7. The van der Waals surface area contributed by atoms with E-state index >= 15 is 0 Å². The lowest BCUT2D eigenvalue weighted by atomic mass is 9.87. The average Bonchev–Trinajstić information content (AvgIpc) is 2.44. The molecule has 0 aliphatic carbocycles. The number of hydrogen-bond acceptors (Lipinski definition) is 4. The maximum Gasteiger partial charge on any atom is 0.257 e. The van der Waals surface area contributed by atoms with E-state index in [0.717, 1.165) is 0 Å². The van der Waals surface area contributed by atoms with Crippen LogP contribution in [-0.2, 0) is 4.79 Å². The molecule has 0 radical (unpaired) electrons. The number of para-hydroxylation sites is 2. The van der Waals surface area contributed by atoms with E-state index in [1.165, 1.54) is 0 Å². The summed E-state index contributed by atoms with van der Waals surface area (Å²) in [5, 5.41) is 12.6. The first kappa shape index (κ1) is 17.3. The molecule has 0 aliphatic heterocycles. The van der Waals surface area contributed by atoms with Gasteiger partial charge in [-0.05, 0) is 24.0 Å². The van der Waals surface area contributed by atoms with Gasteiger partial charge in [0.15, 0.2) is 18.1 Å². The summed E-state index contributed by atoms with van der Waals surface area (Å²) in [6, 6.07) is 7.16. The average molecular weight is 295 g/mol. The number of carbonyl (C=O) groups excluding carboxylic acids is 1. The summed E-state index contributed by atoms with van der Waals surface area (Å²) in [4.78, 5) is 11.7. The lowest BCUT2D eigenvalue weighted by Gasteiger charge is -2.25. The first-order valence-corrected chi connectivity index (χ1v) is 7.05. The van der Waals surface area contributed by atoms with Crippen molar-refractivity contribution in [3.8, 4) is 11.5 Å². The van der Waals surface area contributed by atoms with E-state index in [0.29, 0.717) is 24.5 Å². The molecule has 0 fully saturated rings. The quantitative estimate of drug-likeness (QED) is 0.807. The summed E-state index contributed by atoms with van der Waals surface area (Å²) in [6.45, 7) is 6.23. The number of benzene rings is 1. The summed E-state index contributed by atoms with van der Waals surface area (Å²) < 4.78 is 10.6. The van der Waals surface area contributed by atoms with E-state index in [-0.39, 0.29) is 17.9 Å². The van der Waals surface area contributed by atoms with Crippen LogP contribution >= 0.6 is 0 Å². The highest BCUT2D eigenvalue weighted by Gasteiger charge is 2.21. The third kappa shape index (κ3) is 6.04. The predicted octanol–water partition coefficient (Wildman–Crippen LogP) is 1.99. The maximum absolute atomic E-state index is 11.7. The summed E-state index contributed by atoms with van der Waals surface area (Å²) in [6.07, 6.45) is 0.0668. The van der Waals surface area contributed by atoms with Gasteiger partial charge in [-0.25, -0.2) is 0 Å². The second-order valence-electron chi connectivity index (χ2n) is 5.96. The molecule has 0 unspecified atom stereocenters. The second-order valence-corrected chi connectivity index (χ2v) is 5.96. The first-order chi connectivity index (χ1) is 9.84. The molecule has 0 bridgehead atoms. The van der Waals surface area contributed by atoms with Gasteiger partial charge in [0, 0.05) is 6.54 Å². The Morgan fingerprint density at radius 2 is 1.90 bits per heavy atom. The number of methoxy groups -OCH3 is 1. The summed E-state index contributed by atoms with van der Waals surface area (Å²) in [5.74, 6) is 0.903. The summed E-state index contributed by atoms with van der Waals surface area (Å²) in [5.41, 5.74) is -0.182. The number of aliphatic hydroxyl groups is 1. The van der Waals surface area contributed by atoms with Crippen LogP contribution in [0.25, 0.3) is 0 Å². The Bertz CT molecular complexity index is 454. The highest BCUT2D eigenvalue weighted by Crippen LogP contribution is 2.25. The normalized spacial score (nSPS) is 12.6. The lowest BCUT2D eigenvalue weighted by Crippen LogP contribution is -2.34. The van der Waals surface area contributed by atoms with Crippen molar-refractivity contribution >= 4 is 5.91 Å². The van der Waals surface area contributed by atoms with Crippen molar-refractivity contribution in [3.05, 3.63) is 24.3 Å². The van der Waals surface area contributed by atoms with Gasteiger partial charge in [0.2, 0.25) is 0 Å². The van der Waals surface area contributed by atoms with Gasteiger partial charge in [0.05, 0.1) is 13.2 Å². The molecular weight excluding hydrogens is 270 g/mol. The zero-order valence-electron chi connectivity index (χ0n) is 13.2.